The number of hydrogen-bond acceptors (Lipinski definition) is 3. The summed E-state index contributed by atoms with van der Waals surface area (Å²) in [5.74, 6) is -0.108. The third-order valence-corrected chi connectivity index (χ3v) is 4.07. The van der Waals surface area contributed by atoms with Crippen molar-refractivity contribution in [3.05, 3.63) is 59.8 Å². The molecule has 23 heavy (non-hydrogen) atoms. The van der Waals surface area contributed by atoms with E-state index in [-0.39, 0.29) is 5.91 Å². The molecule has 4 nitrogen and oxygen atoms in total. The highest BCUT2D eigenvalue weighted by Crippen LogP contribution is 2.36. The van der Waals surface area contributed by atoms with Crippen LogP contribution in [0.1, 0.15) is 15.9 Å². The van der Waals surface area contributed by atoms with Crippen LogP contribution in [0.15, 0.2) is 48.7 Å². The van der Waals surface area contributed by atoms with E-state index in [2.05, 4.69) is 34.7 Å². The molecule has 3 rings (SSSR count). The molecule has 0 aliphatic carbocycles. The van der Waals surface area contributed by atoms with Gasteiger partial charge < -0.3 is 10.6 Å². The van der Waals surface area contributed by atoms with Crippen molar-refractivity contribution in [3.8, 4) is 11.1 Å². The Bertz CT molecular complexity index is 887. The number of benzene rings is 2. The van der Waals surface area contributed by atoms with E-state index in [1.807, 2.05) is 31.3 Å². The maximum absolute atomic E-state index is 12.1. The number of pyridine rings is 1. The van der Waals surface area contributed by atoms with Gasteiger partial charge in [-0.3, -0.25) is 9.78 Å². The second-order valence-electron chi connectivity index (χ2n) is 5.39. The third kappa shape index (κ3) is 2.52. The minimum Gasteiger partial charge on any atom is -0.386 e. The van der Waals surface area contributed by atoms with Crippen LogP contribution in [0.2, 0.25) is 0 Å². The lowest BCUT2D eigenvalue weighted by Crippen LogP contribution is -2.18. The summed E-state index contributed by atoms with van der Waals surface area (Å²) in [5.41, 5.74) is 5.80. The van der Waals surface area contributed by atoms with E-state index < -0.39 is 0 Å². The molecule has 1 aromatic heterocycles. The highest BCUT2D eigenvalue weighted by molar-refractivity contribution is 6.10. The van der Waals surface area contributed by atoms with Crippen molar-refractivity contribution in [1.29, 1.82) is 0 Å². The summed E-state index contributed by atoms with van der Waals surface area (Å²) in [6.45, 7) is 2.09. The summed E-state index contributed by atoms with van der Waals surface area (Å²) in [7, 11) is 3.51. The molecule has 4 heteroatoms. The molecule has 3 aromatic rings. The minimum absolute atomic E-state index is 0.108. The van der Waals surface area contributed by atoms with Crippen molar-refractivity contribution in [2.45, 2.75) is 6.92 Å². The zero-order chi connectivity index (χ0) is 16.4. The number of carbonyl (C=O) groups excluding carboxylic acids is 1. The van der Waals surface area contributed by atoms with Gasteiger partial charge in [-0.25, -0.2) is 0 Å². The first kappa shape index (κ1) is 15.0. The summed E-state index contributed by atoms with van der Waals surface area (Å²) in [4.78, 5) is 16.6. The highest BCUT2D eigenvalue weighted by Gasteiger charge is 2.15. The zero-order valence-electron chi connectivity index (χ0n) is 13.5. The summed E-state index contributed by atoms with van der Waals surface area (Å²) in [6, 6.07) is 14.0. The molecule has 116 valence electrons. The molecular weight excluding hydrogens is 286 g/mol. The predicted molar refractivity (Wildman–Crippen MR) is 94.9 cm³/mol. The molecule has 0 fully saturated rings. The van der Waals surface area contributed by atoms with Crippen molar-refractivity contribution in [1.82, 2.24) is 10.3 Å². The van der Waals surface area contributed by atoms with E-state index in [0.717, 1.165) is 27.7 Å². The van der Waals surface area contributed by atoms with E-state index in [4.69, 9.17) is 0 Å². The molecule has 2 aromatic carbocycles. The molecule has 0 bridgehead atoms. The van der Waals surface area contributed by atoms with Crippen LogP contribution in [-0.4, -0.2) is 25.0 Å². The van der Waals surface area contributed by atoms with E-state index in [1.54, 1.807) is 19.3 Å². The fourth-order valence-electron chi connectivity index (χ4n) is 2.90. The van der Waals surface area contributed by atoms with E-state index in [0.29, 0.717) is 5.56 Å². The summed E-state index contributed by atoms with van der Waals surface area (Å²) < 4.78 is 0. The van der Waals surface area contributed by atoms with Gasteiger partial charge in [0.25, 0.3) is 5.91 Å². The highest BCUT2D eigenvalue weighted by atomic mass is 16.1. The van der Waals surface area contributed by atoms with Gasteiger partial charge in [-0.05, 0) is 24.1 Å². The monoisotopic (exact) mass is 305 g/mol. The average Bonchev–Trinajstić information content (AvgIpc) is 2.60. The fraction of sp³-hybridized carbons (Fsp3) is 0.158. The van der Waals surface area contributed by atoms with Gasteiger partial charge in [0, 0.05) is 31.2 Å². The van der Waals surface area contributed by atoms with Crippen molar-refractivity contribution in [2.24, 2.45) is 0 Å². The fourth-order valence-corrected chi connectivity index (χ4v) is 2.90. The van der Waals surface area contributed by atoms with Gasteiger partial charge in [0.2, 0.25) is 0 Å². The lowest BCUT2D eigenvalue weighted by Gasteiger charge is -2.15. The molecular formula is C19H19N3O. The zero-order valence-corrected chi connectivity index (χ0v) is 13.5. The standard InChI is InChI=1S/C19H19N3O/c1-12-6-4-5-7-13(12)14-8-9-15-16(19(23)21-3)10-11-22-18(15)17(14)20-2/h4-11,20H,1-3H3,(H,21,23). The second-order valence-corrected chi connectivity index (χ2v) is 5.39. The summed E-state index contributed by atoms with van der Waals surface area (Å²) in [5, 5.41) is 6.77. The molecule has 0 aliphatic rings. The van der Waals surface area contributed by atoms with Gasteiger partial charge in [0.05, 0.1) is 16.8 Å². The van der Waals surface area contributed by atoms with E-state index in [9.17, 15) is 4.79 Å². The van der Waals surface area contributed by atoms with Crippen LogP contribution >= 0.6 is 0 Å². The molecule has 0 unspecified atom stereocenters. The molecule has 0 saturated carbocycles. The molecule has 2 N–H and O–H groups in total. The number of amides is 1. The maximum Gasteiger partial charge on any atom is 0.251 e. The lowest BCUT2D eigenvalue weighted by atomic mass is 9.96. The van der Waals surface area contributed by atoms with Crippen LogP contribution in [0, 0.1) is 6.92 Å². The molecule has 0 spiro atoms. The number of carbonyl (C=O) groups is 1. The number of fused-ring (bicyclic) bond motifs is 1. The third-order valence-electron chi connectivity index (χ3n) is 4.07. The largest absolute Gasteiger partial charge is 0.386 e. The van der Waals surface area contributed by atoms with Crippen molar-refractivity contribution < 1.29 is 4.79 Å². The Morgan fingerprint density at radius 1 is 1.00 bits per heavy atom. The van der Waals surface area contributed by atoms with Gasteiger partial charge in [-0.15, -0.1) is 0 Å². The normalized spacial score (nSPS) is 10.6. The van der Waals surface area contributed by atoms with Gasteiger partial charge in [-0.1, -0.05) is 36.4 Å². The first-order valence-corrected chi connectivity index (χ1v) is 7.55. The first-order valence-electron chi connectivity index (χ1n) is 7.55. The van der Waals surface area contributed by atoms with Crippen LogP contribution in [0.4, 0.5) is 5.69 Å². The minimum atomic E-state index is -0.108. The summed E-state index contributed by atoms with van der Waals surface area (Å²) >= 11 is 0. The number of anilines is 1. The van der Waals surface area contributed by atoms with Crippen LogP contribution in [0.3, 0.4) is 0 Å². The Labute approximate surface area is 135 Å². The molecule has 0 saturated heterocycles. The smallest absolute Gasteiger partial charge is 0.251 e. The summed E-state index contributed by atoms with van der Waals surface area (Å²) in [6.07, 6.45) is 1.68. The Hall–Kier alpha value is -2.88. The van der Waals surface area contributed by atoms with Gasteiger partial charge in [0.1, 0.15) is 0 Å². The van der Waals surface area contributed by atoms with Crippen molar-refractivity contribution >= 4 is 22.5 Å². The molecule has 1 heterocycles. The quantitative estimate of drug-likeness (QED) is 0.777. The Balaban J connectivity index is 2.32. The average molecular weight is 305 g/mol. The van der Waals surface area contributed by atoms with E-state index in [1.165, 1.54) is 5.56 Å². The molecule has 0 atom stereocenters. The Morgan fingerprint density at radius 3 is 2.48 bits per heavy atom. The van der Waals surface area contributed by atoms with Crippen molar-refractivity contribution in [2.75, 3.05) is 19.4 Å². The van der Waals surface area contributed by atoms with Crippen LogP contribution in [0.5, 0.6) is 0 Å². The van der Waals surface area contributed by atoms with Gasteiger partial charge in [-0.2, -0.15) is 0 Å². The number of nitrogens with one attached hydrogen (secondary N) is 2. The van der Waals surface area contributed by atoms with E-state index >= 15 is 0 Å². The number of nitrogens with zero attached hydrogens (tertiary/aromatic N) is 1. The first-order chi connectivity index (χ1) is 11.2. The van der Waals surface area contributed by atoms with Gasteiger partial charge >= 0.3 is 0 Å². The Morgan fingerprint density at radius 2 is 1.78 bits per heavy atom. The number of rotatable bonds is 3. The lowest BCUT2D eigenvalue weighted by molar-refractivity contribution is 0.0964. The maximum atomic E-state index is 12.1. The SMILES string of the molecule is CNC(=O)c1ccnc2c(NC)c(-c3ccccc3C)ccc12. The predicted octanol–water partition coefficient (Wildman–Crippen LogP) is 3.61. The topological polar surface area (TPSA) is 54.0 Å². The van der Waals surface area contributed by atoms with Crippen molar-refractivity contribution in [3.63, 3.8) is 0 Å². The number of aryl methyl sites for hydroxylation is 1. The molecule has 0 radical (unpaired) electrons. The van der Waals surface area contributed by atoms with Crippen LogP contribution < -0.4 is 10.6 Å². The molecule has 0 aliphatic heterocycles. The second kappa shape index (κ2) is 6.08. The van der Waals surface area contributed by atoms with Crippen LogP contribution in [0.25, 0.3) is 22.0 Å². The number of aromatic nitrogens is 1. The van der Waals surface area contributed by atoms with Crippen LogP contribution in [-0.2, 0) is 0 Å². The molecule has 1 amide bonds. The van der Waals surface area contributed by atoms with Gasteiger partial charge in [0.15, 0.2) is 0 Å². The number of hydrogen-bond donors (Lipinski definition) is 2. The Kier molecular flexibility index (Phi) is 3.98.